The minimum absolute atomic E-state index is 0.0201. The van der Waals surface area contributed by atoms with Crippen molar-refractivity contribution in [3.63, 3.8) is 0 Å². The van der Waals surface area contributed by atoms with E-state index in [1.807, 2.05) is 0 Å². The molecule has 1 aliphatic carbocycles. The van der Waals surface area contributed by atoms with Gasteiger partial charge in [-0.15, -0.1) is 0 Å². The topological polar surface area (TPSA) is 75.6 Å². The molecule has 220 valence electrons. The zero-order valence-electron chi connectivity index (χ0n) is 21.3. The van der Waals surface area contributed by atoms with Gasteiger partial charge < -0.3 is 19.9 Å². The zero-order chi connectivity index (χ0) is 29.9. The van der Waals surface area contributed by atoms with Crippen LogP contribution in [0.5, 0.6) is 0 Å². The van der Waals surface area contributed by atoms with Crippen molar-refractivity contribution in [3.8, 4) is 0 Å². The van der Waals surface area contributed by atoms with Gasteiger partial charge in [-0.2, -0.15) is 26.3 Å². The predicted molar refractivity (Wildman–Crippen MR) is 129 cm³/mol. The molecule has 1 heterocycles. The average molecular weight is 599 g/mol. The molecule has 2 amide bonds. The quantitative estimate of drug-likeness (QED) is 0.335. The minimum atomic E-state index is -6.31. The van der Waals surface area contributed by atoms with E-state index in [0.717, 1.165) is 18.2 Å². The second kappa shape index (κ2) is 10.1. The molecule has 1 aliphatic heterocycles. The summed E-state index contributed by atoms with van der Waals surface area (Å²) < 4.78 is 122. The van der Waals surface area contributed by atoms with Crippen molar-refractivity contribution in [2.24, 2.45) is 0 Å². The molecule has 2 N–H and O–H groups in total. The van der Waals surface area contributed by atoms with Crippen LogP contribution in [0.25, 0.3) is 0 Å². The summed E-state index contributed by atoms with van der Waals surface area (Å²) in [7, 11) is 0. The van der Waals surface area contributed by atoms with Crippen molar-refractivity contribution in [1.82, 2.24) is 10.2 Å². The normalized spacial score (nSPS) is 22.2. The highest BCUT2D eigenvalue weighted by atomic mass is 32.2. The Labute approximate surface area is 227 Å². The van der Waals surface area contributed by atoms with Gasteiger partial charge in [0.2, 0.25) is 0 Å². The number of hydrogen-bond donors (Lipinski definition) is 2. The van der Waals surface area contributed by atoms with Crippen LogP contribution in [0.4, 0.5) is 39.9 Å². The van der Waals surface area contributed by atoms with Crippen molar-refractivity contribution in [2.45, 2.75) is 72.4 Å². The van der Waals surface area contributed by atoms with Crippen LogP contribution < -0.4 is 5.32 Å². The summed E-state index contributed by atoms with van der Waals surface area (Å²) in [6.07, 6.45) is -12.7. The number of nitrogens with zero attached hydrogens (tertiary/aromatic N) is 1. The number of likely N-dealkylation sites (tertiary alicyclic amines) is 1. The molecule has 0 aromatic heterocycles. The number of rotatable bonds is 6. The van der Waals surface area contributed by atoms with Crippen LogP contribution in [0.15, 0.2) is 47.4 Å². The van der Waals surface area contributed by atoms with E-state index >= 15 is 0 Å². The van der Waals surface area contributed by atoms with Crippen molar-refractivity contribution in [1.29, 1.82) is 0 Å². The third kappa shape index (κ3) is 5.02. The molecular weight excluding hydrogens is 572 g/mol. The van der Waals surface area contributed by atoms with E-state index in [-0.39, 0.29) is 48.4 Å². The molecule has 0 spiro atoms. The molecule has 0 radical (unpaired) electrons. The van der Waals surface area contributed by atoms with Gasteiger partial charge in [-0.3, -0.25) is 0 Å². The van der Waals surface area contributed by atoms with Crippen molar-refractivity contribution in [3.05, 3.63) is 65.0 Å². The lowest BCUT2D eigenvalue weighted by Gasteiger charge is -2.35. The lowest BCUT2D eigenvalue weighted by molar-refractivity contribution is -0.348. The number of amides is 2. The smallest absolute Gasteiger partial charge is 0.435 e. The Bertz CT molecular complexity index is 1250. The van der Waals surface area contributed by atoms with Gasteiger partial charge in [-0.05, 0) is 67.7 Å². The highest BCUT2D eigenvalue weighted by Gasteiger charge is 2.74. The Morgan fingerprint density at radius 1 is 1.07 bits per heavy atom. The number of urea groups is 1. The molecule has 3 atom stereocenters. The highest BCUT2D eigenvalue weighted by molar-refractivity contribution is 7.92. The Morgan fingerprint density at radius 3 is 2.23 bits per heavy atom. The molecule has 0 saturated carbocycles. The fraction of sp³-hybridized carbons (Fsp3) is 0.500. The summed E-state index contributed by atoms with van der Waals surface area (Å²) in [5.41, 5.74) is -8.40. The van der Waals surface area contributed by atoms with Crippen LogP contribution in [0.1, 0.15) is 43.4 Å². The number of alkyl halides is 7. The number of benzene rings is 2. The second-order valence-electron chi connectivity index (χ2n) is 10.6. The predicted octanol–water partition coefficient (Wildman–Crippen LogP) is 5.62. The Kier molecular flexibility index (Phi) is 7.63. The molecule has 5 nitrogen and oxygen atoms in total. The summed E-state index contributed by atoms with van der Waals surface area (Å²) in [5.74, 6) is -0.621. The van der Waals surface area contributed by atoms with E-state index in [0.29, 0.717) is 12.1 Å². The molecule has 2 aliphatic rings. The standard InChI is InChI=1S/C26H26F8N2O3S/c1-22(2,38)9-11-35-21(37)36-12-10-23(40(39)18-6-4-17(27)5-7-18)19-8-3-16(13-15(19)14-20(23)36)24(28,25(29,30)31)26(32,33)34/h3-8,13,20,38H,9-12,14H2,1-2H3,(H,35,37). The largest absolute Gasteiger partial charge is 0.611 e. The second-order valence-corrected chi connectivity index (χ2v) is 12.3. The summed E-state index contributed by atoms with van der Waals surface area (Å²) in [4.78, 5) is 14.5. The number of aliphatic hydroxyl groups is 1. The number of carbonyl (C=O) groups is 1. The van der Waals surface area contributed by atoms with Crippen LogP contribution in [-0.2, 0) is 28.0 Å². The molecule has 3 unspecified atom stereocenters. The number of halogens is 8. The lowest BCUT2D eigenvalue weighted by atomic mass is 9.90. The molecular formula is C26H26F8N2O3S. The molecule has 1 fully saturated rings. The number of nitrogens with one attached hydrogen (secondary N) is 1. The average Bonchev–Trinajstić information content (AvgIpc) is 3.36. The summed E-state index contributed by atoms with van der Waals surface area (Å²) in [6.45, 7) is 3.16. The number of carbonyl (C=O) groups excluding carboxylic acids is 1. The SMILES string of the molecule is CC(C)(O)CCNC(=O)N1CCC2([S+]([O-])c3ccc(F)cc3)c3ccc(C(F)(C(F)(F)F)C(F)(F)F)cc3CC12. The summed E-state index contributed by atoms with van der Waals surface area (Å²) in [6, 6.07) is 4.76. The molecule has 2 aromatic rings. The molecule has 0 bridgehead atoms. The van der Waals surface area contributed by atoms with E-state index in [1.165, 1.54) is 30.9 Å². The van der Waals surface area contributed by atoms with Gasteiger partial charge in [-0.25, -0.2) is 13.6 Å². The van der Waals surface area contributed by atoms with Gasteiger partial charge >= 0.3 is 24.1 Å². The van der Waals surface area contributed by atoms with Gasteiger partial charge in [0, 0.05) is 30.6 Å². The van der Waals surface area contributed by atoms with Gasteiger partial charge in [0.05, 0.1) is 11.6 Å². The maximum absolute atomic E-state index is 14.9. The van der Waals surface area contributed by atoms with Crippen molar-refractivity contribution >= 4 is 17.2 Å². The van der Waals surface area contributed by atoms with Crippen LogP contribution in [-0.4, -0.2) is 57.7 Å². The maximum Gasteiger partial charge on any atom is 0.435 e. The zero-order valence-corrected chi connectivity index (χ0v) is 22.1. The maximum atomic E-state index is 14.9. The Hall–Kier alpha value is -2.58. The number of fused-ring (bicyclic) bond motifs is 3. The van der Waals surface area contributed by atoms with E-state index in [9.17, 15) is 49.6 Å². The van der Waals surface area contributed by atoms with Crippen LogP contribution in [0.2, 0.25) is 0 Å². The van der Waals surface area contributed by atoms with Crippen molar-refractivity contribution < 1.29 is 49.6 Å². The first-order chi connectivity index (χ1) is 18.3. The monoisotopic (exact) mass is 598 g/mol. The van der Waals surface area contributed by atoms with E-state index in [2.05, 4.69) is 5.32 Å². The molecule has 4 rings (SSSR count). The Balaban J connectivity index is 1.78. The first kappa shape index (κ1) is 30.4. The van der Waals surface area contributed by atoms with Crippen LogP contribution in [0.3, 0.4) is 0 Å². The lowest BCUT2D eigenvalue weighted by Crippen LogP contribution is -2.50. The third-order valence-electron chi connectivity index (χ3n) is 7.42. The van der Waals surface area contributed by atoms with E-state index < -0.39 is 63.0 Å². The highest BCUT2D eigenvalue weighted by Crippen LogP contribution is 2.57. The molecule has 1 saturated heterocycles. The van der Waals surface area contributed by atoms with E-state index in [4.69, 9.17) is 0 Å². The van der Waals surface area contributed by atoms with Gasteiger partial charge in [0.15, 0.2) is 9.64 Å². The van der Waals surface area contributed by atoms with Gasteiger partial charge in [0.1, 0.15) is 5.82 Å². The van der Waals surface area contributed by atoms with Gasteiger partial charge in [-0.1, -0.05) is 18.2 Å². The summed E-state index contributed by atoms with van der Waals surface area (Å²) in [5, 5.41) is 12.5. The Morgan fingerprint density at radius 2 is 1.68 bits per heavy atom. The van der Waals surface area contributed by atoms with Crippen LogP contribution >= 0.6 is 0 Å². The number of hydrogen-bond acceptors (Lipinski definition) is 3. The molecule has 2 aromatic carbocycles. The molecule has 14 heteroatoms. The fourth-order valence-electron chi connectivity index (χ4n) is 5.44. The third-order valence-corrected chi connectivity index (χ3v) is 9.48. The molecule has 40 heavy (non-hydrogen) atoms. The van der Waals surface area contributed by atoms with Crippen molar-refractivity contribution in [2.75, 3.05) is 13.1 Å². The van der Waals surface area contributed by atoms with Crippen LogP contribution in [0, 0.1) is 5.82 Å². The fourth-order valence-corrected chi connectivity index (χ4v) is 7.38. The summed E-state index contributed by atoms with van der Waals surface area (Å²) >= 11 is -2.04. The first-order valence-corrected chi connectivity index (χ1v) is 13.4. The van der Waals surface area contributed by atoms with Gasteiger partial charge in [0.25, 0.3) is 0 Å². The first-order valence-electron chi connectivity index (χ1n) is 12.2. The van der Waals surface area contributed by atoms with E-state index in [1.54, 1.807) is 0 Å². The minimum Gasteiger partial charge on any atom is -0.611 e.